The lowest BCUT2D eigenvalue weighted by Crippen LogP contribution is -2.55. The molecule has 3 saturated heterocycles. The maximum atomic E-state index is 11.2. The summed E-state index contributed by atoms with van der Waals surface area (Å²) in [5.74, 6) is 1.54. The van der Waals surface area contributed by atoms with Gasteiger partial charge in [-0.1, -0.05) is 19.4 Å². The fourth-order valence-electron chi connectivity index (χ4n) is 4.75. The maximum Gasteiger partial charge on any atom is 0.0952 e. The van der Waals surface area contributed by atoms with Crippen LogP contribution in [0.15, 0.2) is 30.5 Å². The lowest BCUT2D eigenvalue weighted by molar-refractivity contribution is -0.0562. The molecule has 4 heteroatoms. The number of piperidine rings is 3. The number of aromatic nitrogens is 1. The zero-order valence-corrected chi connectivity index (χ0v) is 14.2. The van der Waals surface area contributed by atoms with Gasteiger partial charge in [-0.05, 0) is 60.5 Å². The Kier molecular flexibility index (Phi) is 4.29. The molecule has 3 aliphatic heterocycles. The van der Waals surface area contributed by atoms with Gasteiger partial charge >= 0.3 is 0 Å². The summed E-state index contributed by atoms with van der Waals surface area (Å²) in [6, 6.07) is 7.93. The van der Waals surface area contributed by atoms with Crippen LogP contribution in [0.25, 0.3) is 10.9 Å². The van der Waals surface area contributed by atoms with Gasteiger partial charge in [-0.25, -0.2) is 0 Å². The van der Waals surface area contributed by atoms with Crippen LogP contribution in [0.3, 0.4) is 0 Å². The monoisotopic (exact) mass is 326 g/mol. The first-order valence-electron chi connectivity index (χ1n) is 9.11. The summed E-state index contributed by atoms with van der Waals surface area (Å²) in [7, 11) is 0. The molecular weight excluding hydrogens is 300 g/mol. The van der Waals surface area contributed by atoms with Crippen LogP contribution in [0.4, 0.5) is 0 Å². The van der Waals surface area contributed by atoms with Gasteiger partial charge in [-0.2, -0.15) is 0 Å². The van der Waals surface area contributed by atoms with Crippen LogP contribution in [0, 0.1) is 11.8 Å². The Hall–Kier alpha value is -1.49. The molecule has 1 aromatic carbocycles. The van der Waals surface area contributed by atoms with E-state index in [4.69, 9.17) is 0 Å². The molecule has 3 fully saturated rings. The molecule has 0 amide bonds. The Balaban J connectivity index is 1.68. The molecule has 4 nitrogen and oxygen atoms in total. The molecule has 5 atom stereocenters. The molecule has 5 rings (SSSR count). The molecule has 4 unspecified atom stereocenters. The standard InChI is InChI=1S/C20H26N2O2/c1-2-14-11-22-8-6-15(14)10-19(22)20(24)16-5-7-21-18-4-3-13(12-23)9-17(16)18/h3-5,7,9,14-15,19-20,23-24H,2,6,8,10-12H2,1H3/t14?,15?,19?,20-/m1/s1. The van der Waals surface area contributed by atoms with E-state index in [2.05, 4.69) is 16.8 Å². The van der Waals surface area contributed by atoms with Gasteiger partial charge in [0, 0.05) is 24.2 Å². The fourth-order valence-corrected chi connectivity index (χ4v) is 4.75. The van der Waals surface area contributed by atoms with Crippen LogP contribution in [-0.2, 0) is 6.61 Å². The van der Waals surface area contributed by atoms with Gasteiger partial charge in [0.1, 0.15) is 0 Å². The van der Waals surface area contributed by atoms with Crippen molar-refractivity contribution in [2.75, 3.05) is 13.1 Å². The number of aliphatic hydroxyl groups excluding tert-OH is 2. The molecule has 0 spiro atoms. The van der Waals surface area contributed by atoms with Crippen molar-refractivity contribution in [3.8, 4) is 0 Å². The number of aliphatic hydroxyl groups is 2. The first-order chi connectivity index (χ1) is 11.7. The minimum atomic E-state index is -0.495. The maximum absolute atomic E-state index is 11.2. The molecule has 0 aliphatic carbocycles. The van der Waals surface area contributed by atoms with Gasteiger partial charge < -0.3 is 10.2 Å². The molecule has 24 heavy (non-hydrogen) atoms. The van der Waals surface area contributed by atoms with Gasteiger partial charge in [0.25, 0.3) is 0 Å². The Morgan fingerprint density at radius 2 is 2.21 bits per heavy atom. The van der Waals surface area contributed by atoms with Crippen LogP contribution in [-0.4, -0.2) is 39.2 Å². The lowest BCUT2D eigenvalue weighted by atomic mass is 9.72. The molecule has 0 radical (unpaired) electrons. The number of benzene rings is 1. The second-order valence-electron chi connectivity index (χ2n) is 7.37. The highest BCUT2D eigenvalue weighted by Crippen LogP contribution is 2.42. The van der Waals surface area contributed by atoms with Crippen LogP contribution in [0.5, 0.6) is 0 Å². The Morgan fingerprint density at radius 3 is 2.92 bits per heavy atom. The van der Waals surface area contributed by atoms with E-state index < -0.39 is 6.10 Å². The predicted octanol–water partition coefficient (Wildman–Crippen LogP) is 2.88. The highest BCUT2D eigenvalue weighted by Gasteiger charge is 2.42. The predicted molar refractivity (Wildman–Crippen MR) is 94.5 cm³/mol. The third-order valence-corrected chi connectivity index (χ3v) is 6.17. The van der Waals surface area contributed by atoms with Gasteiger partial charge in [0.2, 0.25) is 0 Å². The number of rotatable bonds is 4. The second kappa shape index (κ2) is 6.43. The van der Waals surface area contributed by atoms with E-state index in [1.807, 2.05) is 24.3 Å². The van der Waals surface area contributed by atoms with E-state index in [1.54, 1.807) is 6.20 Å². The van der Waals surface area contributed by atoms with Crippen molar-refractivity contribution >= 4 is 10.9 Å². The van der Waals surface area contributed by atoms with Crippen LogP contribution >= 0.6 is 0 Å². The molecule has 2 N–H and O–H groups in total. The normalized spacial score (nSPS) is 30.6. The third-order valence-electron chi connectivity index (χ3n) is 6.17. The summed E-state index contributed by atoms with van der Waals surface area (Å²) >= 11 is 0. The van der Waals surface area contributed by atoms with Crippen LogP contribution in [0.2, 0.25) is 0 Å². The average molecular weight is 326 g/mol. The van der Waals surface area contributed by atoms with E-state index in [0.29, 0.717) is 0 Å². The van der Waals surface area contributed by atoms with Gasteiger partial charge in [0.05, 0.1) is 18.2 Å². The third kappa shape index (κ3) is 2.63. The molecule has 128 valence electrons. The van der Waals surface area contributed by atoms with E-state index in [1.165, 1.54) is 12.8 Å². The largest absolute Gasteiger partial charge is 0.392 e. The van der Waals surface area contributed by atoms with Crippen molar-refractivity contribution in [3.63, 3.8) is 0 Å². The minimum absolute atomic E-state index is 0.0101. The van der Waals surface area contributed by atoms with Crippen LogP contribution < -0.4 is 0 Å². The zero-order valence-electron chi connectivity index (χ0n) is 14.2. The van der Waals surface area contributed by atoms with Gasteiger partial charge in [0.15, 0.2) is 0 Å². The number of hydrogen-bond donors (Lipinski definition) is 2. The quantitative estimate of drug-likeness (QED) is 0.907. The summed E-state index contributed by atoms with van der Waals surface area (Å²) in [5.41, 5.74) is 2.69. The van der Waals surface area contributed by atoms with Crippen molar-refractivity contribution in [2.45, 2.75) is 44.9 Å². The summed E-state index contributed by atoms with van der Waals surface area (Å²) < 4.78 is 0. The average Bonchev–Trinajstić information content (AvgIpc) is 2.66. The highest BCUT2D eigenvalue weighted by atomic mass is 16.3. The van der Waals surface area contributed by atoms with Crippen molar-refractivity contribution < 1.29 is 10.2 Å². The molecule has 3 aliphatic rings. The lowest BCUT2D eigenvalue weighted by Gasteiger charge is -2.51. The van der Waals surface area contributed by atoms with Crippen molar-refractivity contribution in [2.24, 2.45) is 11.8 Å². The fraction of sp³-hybridized carbons (Fsp3) is 0.550. The summed E-state index contributed by atoms with van der Waals surface area (Å²) in [6.07, 6.45) is 4.88. The van der Waals surface area contributed by atoms with E-state index in [-0.39, 0.29) is 12.6 Å². The van der Waals surface area contributed by atoms with Gasteiger partial charge in [-0.15, -0.1) is 0 Å². The van der Waals surface area contributed by atoms with Crippen molar-refractivity contribution in [1.82, 2.24) is 9.88 Å². The topological polar surface area (TPSA) is 56.6 Å². The Bertz CT molecular complexity index is 733. The number of hydrogen-bond acceptors (Lipinski definition) is 4. The van der Waals surface area contributed by atoms with E-state index in [0.717, 1.165) is 53.4 Å². The molecule has 0 saturated carbocycles. The number of fused-ring (bicyclic) bond motifs is 4. The van der Waals surface area contributed by atoms with E-state index in [9.17, 15) is 10.2 Å². The SMILES string of the molecule is CCC1CN2CCC1CC2[C@H](O)c1ccnc2ccc(CO)cc12. The van der Waals surface area contributed by atoms with Gasteiger partial charge in [-0.3, -0.25) is 9.88 Å². The highest BCUT2D eigenvalue weighted by molar-refractivity contribution is 5.83. The first-order valence-corrected chi connectivity index (χ1v) is 9.11. The zero-order chi connectivity index (χ0) is 16.7. The van der Waals surface area contributed by atoms with Crippen molar-refractivity contribution in [3.05, 3.63) is 41.6 Å². The summed E-state index contributed by atoms with van der Waals surface area (Å²) in [6.45, 7) is 4.52. The minimum Gasteiger partial charge on any atom is -0.392 e. The van der Waals surface area contributed by atoms with Crippen LogP contribution in [0.1, 0.15) is 43.4 Å². The first kappa shape index (κ1) is 16.0. The summed E-state index contributed by atoms with van der Waals surface area (Å²) in [5, 5.41) is 21.5. The molecule has 2 bridgehead atoms. The number of pyridine rings is 1. The molecule has 2 aromatic rings. The molecular formula is C20H26N2O2. The molecule has 1 aromatic heterocycles. The number of nitrogens with zero attached hydrogens (tertiary/aromatic N) is 2. The Labute approximate surface area is 143 Å². The molecule has 4 heterocycles. The smallest absolute Gasteiger partial charge is 0.0952 e. The second-order valence-corrected chi connectivity index (χ2v) is 7.37. The van der Waals surface area contributed by atoms with Crippen molar-refractivity contribution in [1.29, 1.82) is 0 Å². The van der Waals surface area contributed by atoms with E-state index >= 15 is 0 Å². The Morgan fingerprint density at radius 1 is 1.33 bits per heavy atom. The summed E-state index contributed by atoms with van der Waals surface area (Å²) in [4.78, 5) is 6.90.